The van der Waals surface area contributed by atoms with Crippen molar-refractivity contribution >= 4 is 23.5 Å². The minimum atomic E-state index is -0.880. The van der Waals surface area contributed by atoms with Crippen molar-refractivity contribution in [2.75, 3.05) is 44.8 Å². The van der Waals surface area contributed by atoms with Gasteiger partial charge < -0.3 is 20.1 Å². The molecule has 2 N–H and O–H groups in total. The first-order valence-corrected chi connectivity index (χ1v) is 11.1. The average molecular weight is 453 g/mol. The zero-order valence-electron chi connectivity index (χ0n) is 18.4. The van der Waals surface area contributed by atoms with Gasteiger partial charge in [0.1, 0.15) is 18.4 Å². The van der Waals surface area contributed by atoms with E-state index >= 15 is 0 Å². The van der Waals surface area contributed by atoms with Crippen LogP contribution in [0.2, 0.25) is 0 Å². The third kappa shape index (κ3) is 6.30. The number of morpholine rings is 1. The summed E-state index contributed by atoms with van der Waals surface area (Å²) in [5.74, 6) is -0.111. The summed E-state index contributed by atoms with van der Waals surface area (Å²) in [6.07, 6.45) is -0.141. The van der Waals surface area contributed by atoms with Gasteiger partial charge in [0.25, 0.3) is 5.91 Å². The Hall–Kier alpha value is -3.43. The fourth-order valence-corrected chi connectivity index (χ4v) is 3.81. The first-order chi connectivity index (χ1) is 16.1. The summed E-state index contributed by atoms with van der Waals surface area (Å²) < 4.78 is 11.2. The van der Waals surface area contributed by atoms with E-state index in [1.165, 1.54) is 0 Å². The number of ether oxygens (including phenoxy) is 2. The van der Waals surface area contributed by atoms with Gasteiger partial charge in [0.2, 0.25) is 5.91 Å². The van der Waals surface area contributed by atoms with Crippen molar-refractivity contribution in [2.24, 2.45) is 0 Å². The first-order valence-electron chi connectivity index (χ1n) is 11.1. The molecule has 0 aliphatic carbocycles. The molecule has 0 bridgehead atoms. The summed E-state index contributed by atoms with van der Waals surface area (Å²) in [7, 11) is 0. The van der Waals surface area contributed by atoms with Gasteiger partial charge in [-0.15, -0.1) is 0 Å². The Morgan fingerprint density at radius 2 is 1.88 bits per heavy atom. The van der Waals surface area contributed by atoms with Gasteiger partial charge >= 0.3 is 6.03 Å². The van der Waals surface area contributed by atoms with Crippen molar-refractivity contribution in [1.82, 2.24) is 15.1 Å². The molecular weight excluding hydrogens is 424 g/mol. The number of amides is 4. The lowest BCUT2D eigenvalue weighted by Crippen LogP contribution is -2.38. The second-order valence-corrected chi connectivity index (χ2v) is 7.99. The minimum absolute atomic E-state index is 0.141. The van der Waals surface area contributed by atoms with Crippen molar-refractivity contribution < 1.29 is 23.9 Å². The molecule has 2 fully saturated rings. The molecule has 0 spiro atoms. The van der Waals surface area contributed by atoms with Gasteiger partial charge in [0, 0.05) is 31.4 Å². The van der Waals surface area contributed by atoms with Crippen LogP contribution >= 0.6 is 0 Å². The summed E-state index contributed by atoms with van der Waals surface area (Å²) in [6.45, 7) is 4.82. The number of rotatable bonds is 9. The van der Waals surface area contributed by atoms with Crippen molar-refractivity contribution in [2.45, 2.75) is 19.0 Å². The number of hydrogen-bond acceptors (Lipinski definition) is 6. The number of carbonyl (C=O) groups excluding carboxylic acids is 3. The number of carbonyl (C=O) groups is 3. The maximum atomic E-state index is 12.6. The summed E-state index contributed by atoms with van der Waals surface area (Å²) in [6, 6.07) is 15.0. The summed E-state index contributed by atoms with van der Waals surface area (Å²) >= 11 is 0. The van der Waals surface area contributed by atoms with Crippen LogP contribution < -0.4 is 15.4 Å². The highest BCUT2D eigenvalue weighted by Crippen LogP contribution is 2.19. The second-order valence-electron chi connectivity index (χ2n) is 7.99. The molecule has 9 heteroatoms. The van der Waals surface area contributed by atoms with Crippen LogP contribution in [-0.2, 0) is 20.9 Å². The van der Waals surface area contributed by atoms with Gasteiger partial charge in [-0.1, -0.05) is 36.4 Å². The van der Waals surface area contributed by atoms with Crippen LogP contribution in [-0.4, -0.2) is 73.1 Å². The third-order valence-electron chi connectivity index (χ3n) is 5.58. The average Bonchev–Trinajstić information content (AvgIpc) is 3.08. The molecule has 4 rings (SSSR count). The fraction of sp³-hybridized carbons (Fsp3) is 0.375. The molecule has 0 saturated carbocycles. The fourth-order valence-electron chi connectivity index (χ4n) is 3.81. The van der Waals surface area contributed by atoms with Gasteiger partial charge in [-0.3, -0.25) is 19.4 Å². The van der Waals surface area contributed by atoms with Crippen LogP contribution in [0.5, 0.6) is 5.75 Å². The maximum Gasteiger partial charge on any atom is 0.325 e. The molecule has 0 radical (unpaired) electrons. The van der Waals surface area contributed by atoms with Gasteiger partial charge in [-0.25, -0.2) is 4.79 Å². The summed E-state index contributed by atoms with van der Waals surface area (Å²) in [5, 5.41) is 5.38. The second kappa shape index (κ2) is 10.9. The van der Waals surface area contributed by atoms with Gasteiger partial charge in [-0.05, 0) is 17.7 Å². The smallest absolute Gasteiger partial charge is 0.325 e. The molecule has 0 unspecified atom stereocenters. The van der Waals surface area contributed by atoms with E-state index in [-0.39, 0.29) is 18.9 Å². The van der Waals surface area contributed by atoms with E-state index in [1.807, 2.05) is 36.4 Å². The molecule has 174 valence electrons. The maximum absolute atomic E-state index is 12.6. The quantitative estimate of drug-likeness (QED) is 0.564. The van der Waals surface area contributed by atoms with Crippen LogP contribution in [0.25, 0.3) is 0 Å². The third-order valence-corrected chi connectivity index (χ3v) is 5.58. The lowest BCUT2D eigenvalue weighted by atomic mass is 10.1. The van der Waals surface area contributed by atoms with E-state index < -0.39 is 18.0 Å². The molecule has 2 aromatic carbocycles. The highest BCUT2D eigenvalue weighted by molar-refractivity contribution is 6.06. The number of imide groups is 1. The Morgan fingerprint density at radius 3 is 2.67 bits per heavy atom. The number of benzene rings is 2. The topological polar surface area (TPSA) is 100 Å². The number of hydrogen-bond donors (Lipinski definition) is 2. The monoisotopic (exact) mass is 452 g/mol. The van der Waals surface area contributed by atoms with Crippen LogP contribution in [0.4, 0.5) is 10.5 Å². The SMILES string of the molecule is O=C(C[C@@H]1NC(=O)N(Cc2ccccc2)C1=O)Nc1cccc(OCCN2CCOCC2)c1. The number of nitrogens with one attached hydrogen (secondary N) is 2. The molecule has 1 atom stereocenters. The first kappa shape index (κ1) is 22.8. The molecule has 0 aromatic heterocycles. The van der Waals surface area contributed by atoms with Gasteiger partial charge in [0.15, 0.2) is 0 Å². The van der Waals surface area contributed by atoms with Crippen molar-refractivity contribution in [1.29, 1.82) is 0 Å². The van der Waals surface area contributed by atoms with Crippen molar-refractivity contribution in [3.63, 3.8) is 0 Å². The highest BCUT2D eigenvalue weighted by Gasteiger charge is 2.38. The van der Waals surface area contributed by atoms with Crippen LogP contribution in [0.15, 0.2) is 54.6 Å². The lowest BCUT2D eigenvalue weighted by Gasteiger charge is -2.26. The molecule has 2 aliphatic heterocycles. The molecule has 9 nitrogen and oxygen atoms in total. The molecular formula is C24H28N4O5. The Labute approximate surface area is 192 Å². The summed E-state index contributed by atoms with van der Waals surface area (Å²) in [4.78, 5) is 40.8. The largest absolute Gasteiger partial charge is 0.492 e. The zero-order chi connectivity index (χ0) is 23.0. The van der Waals surface area contributed by atoms with E-state index in [0.29, 0.717) is 18.0 Å². The highest BCUT2D eigenvalue weighted by atomic mass is 16.5. The molecule has 2 saturated heterocycles. The van der Waals surface area contributed by atoms with E-state index in [4.69, 9.17) is 9.47 Å². The Balaban J connectivity index is 1.25. The van der Waals surface area contributed by atoms with Gasteiger partial charge in [-0.2, -0.15) is 0 Å². The van der Waals surface area contributed by atoms with E-state index in [0.717, 1.165) is 43.3 Å². The molecule has 2 aliphatic rings. The lowest BCUT2D eigenvalue weighted by molar-refractivity contribution is -0.130. The number of nitrogens with zero attached hydrogens (tertiary/aromatic N) is 2. The minimum Gasteiger partial charge on any atom is -0.492 e. The Kier molecular flexibility index (Phi) is 7.54. The number of urea groups is 1. The van der Waals surface area contributed by atoms with Crippen molar-refractivity contribution in [3.05, 3.63) is 60.2 Å². The molecule has 2 aromatic rings. The Bertz CT molecular complexity index is 978. The van der Waals surface area contributed by atoms with E-state index in [2.05, 4.69) is 15.5 Å². The van der Waals surface area contributed by atoms with Crippen molar-refractivity contribution in [3.8, 4) is 5.75 Å². The molecule has 33 heavy (non-hydrogen) atoms. The van der Waals surface area contributed by atoms with Gasteiger partial charge in [0.05, 0.1) is 26.2 Å². The molecule has 4 amide bonds. The van der Waals surface area contributed by atoms with E-state index in [9.17, 15) is 14.4 Å². The van der Waals surface area contributed by atoms with Crippen LogP contribution in [0, 0.1) is 0 Å². The molecule has 2 heterocycles. The van der Waals surface area contributed by atoms with E-state index in [1.54, 1.807) is 18.2 Å². The summed E-state index contributed by atoms with van der Waals surface area (Å²) in [5.41, 5.74) is 1.42. The number of anilines is 1. The predicted octanol–water partition coefficient (Wildman–Crippen LogP) is 1.85. The Morgan fingerprint density at radius 1 is 1.09 bits per heavy atom. The predicted molar refractivity (Wildman–Crippen MR) is 122 cm³/mol. The zero-order valence-corrected chi connectivity index (χ0v) is 18.4. The normalized spacial score (nSPS) is 18.8. The van der Waals surface area contributed by atoms with Crippen LogP contribution in [0.3, 0.4) is 0 Å². The standard InChI is InChI=1S/C24H28N4O5/c29-22(16-21-23(30)28(24(31)26-21)17-18-5-2-1-3-6-18)25-19-7-4-8-20(15-19)33-14-11-27-9-12-32-13-10-27/h1-8,15,21H,9-14,16-17H2,(H,25,29)(H,26,31)/t21-/m0/s1. The van der Waals surface area contributed by atoms with Crippen LogP contribution in [0.1, 0.15) is 12.0 Å².